The van der Waals surface area contributed by atoms with Crippen molar-refractivity contribution in [1.82, 2.24) is 4.90 Å². The second kappa shape index (κ2) is 6.05. The van der Waals surface area contributed by atoms with Crippen molar-refractivity contribution < 1.29 is 0 Å². The lowest BCUT2D eigenvalue weighted by atomic mass is 9.78. The Bertz CT molecular complexity index is 198. The van der Waals surface area contributed by atoms with Gasteiger partial charge >= 0.3 is 0 Å². The summed E-state index contributed by atoms with van der Waals surface area (Å²) in [5, 5.41) is 0. The molecule has 2 atom stereocenters. The Morgan fingerprint density at radius 2 is 1.88 bits per heavy atom. The van der Waals surface area contributed by atoms with Crippen molar-refractivity contribution >= 4 is 0 Å². The molecule has 1 nitrogen and oxygen atoms in total. The van der Waals surface area contributed by atoms with Gasteiger partial charge < -0.3 is 4.90 Å². The van der Waals surface area contributed by atoms with Gasteiger partial charge in [-0.1, -0.05) is 46.0 Å². The molecular formula is C15H29N. The lowest BCUT2D eigenvalue weighted by Gasteiger charge is -2.45. The van der Waals surface area contributed by atoms with E-state index in [9.17, 15) is 0 Å². The van der Waals surface area contributed by atoms with Crippen LogP contribution in [0.5, 0.6) is 0 Å². The first-order valence-corrected chi connectivity index (χ1v) is 7.59. The molecule has 0 aromatic carbocycles. The summed E-state index contributed by atoms with van der Waals surface area (Å²) in [4.78, 5) is 2.81. The van der Waals surface area contributed by atoms with Crippen molar-refractivity contribution in [2.45, 2.75) is 71.3 Å². The first-order valence-electron chi connectivity index (χ1n) is 7.59. The van der Waals surface area contributed by atoms with Gasteiger partial charge in [0.1, 0.15) is 0 Å². The van der Waals surface area contributed by atoms with E-state index in [-0.39, 0.29) is 0 Å². The fourth-order valence-electron chi connectivity index (χ4n) is 3.50. The minimum absolute atomic E-state index is 0.973. The van der Waals surface area contributed by atoms with Crippen molar-refractivity contribution in [3.8, 4) is 0 Å². The standard InChI is InChI=1S/C15H29N/c1-3-5-7-14-10-11-16(12-13(14)4-2)15-8-6-9-15/h13-15H,3-12H2,1-2H3/t13-,14+/m1/s1. The molecule has 0 spiro atoms. The maximum Gasteiger partial charge on any atom is 0.00953 e. The van der Waals surface area contributed by atoms with Gasteiger partial charge in [0.05, 0.1) is 0 Å². The average Bonchev–Trinajstić information content (AvgIpc) is 2.25. The minimum atomic E-state index is 0.973. The molecule has 0 unspecified atom stereocenters. The van der Waals surface area contributed by atoms with Crippen molar-refractivity contribution in [3.05, 3.63) is 0 Å². The molecule has 1 aliphatic heterocycles. The molecule has 1 aliphatic carbocycles. The smallest absolute Gasteiger partial charge is 0.00953 e. The van der Waals surface area contributed by atoms with Crippen LogP contribution < -0.4 is 0 Å². The van der Waals surface area contributed by atoms with Crippen LogP contribution in [0, 0.1) is 11.8 Å². The summed E-state index contributed by atoms with van der Waals surface area (Å²) in [5.74, 6) is 2.04. The molecule has 1 heteroatoms. The Kier molecular flexibility index (Phi) is 4.69. The van der Waals surface area contributed by atoms with E-state index >= 15 is 0 Å². The molecule has 2 aliphatic rings. The van der Waals surface area contributed by atoms with E-state index in [2.05, 4.69) is 18.7 Å². The van der Waals surface area contributed by atoms with Crippen LogP contribution in [0.2, 0.25) is 0 Å². The molecule has 0 N–H and O–H groups in total. The molecule has 1 saturated heterocycles. The van der Waals surface area contributed by atoms with Gasteiger partial charge in [0.15, 0.2) is 0 Å². The number of unbranched alkanes of at least 4 members (excludes halogenated alkanes) is 1. The number of hydrogen-bond donors (Lipinski definition) is 0. The number of piperidine rings is 1. The average molecular weight is 223 g/mol. The quantitative estimate of drug-likeness (QED) is 0.679. The molecular weight excluding hydrogens is 194 g/mol. The van der Waals surface area contributed by atoms with E-state index in [0.717, 1.165) is 17.9 Å². The largest absolute Gasteiger partial charge is 0.300 e. The lowest BCUT2D eigenvalue weighted by Crippen LogP contribution is -2.48. The fourth-order valence-corrected chi connectivity index (χ4v) is 3.50. The highest BCUT2D eigenvalue weighted by atomic mass is 15.2. The van der Waals surface area contributed by atoms with Crippen LogP contribution in [-0.2, 0) is 0 Å². The zero-order chi connectivity index (χ0) is 11.4. The molecule has 94 valence electrons. The number of nitrogens with zero attached hydrogens (tertiary/aromatic N) is 1. The summed E-state index contributed by atoms with van der Waals surface area (Å²) in [7, 11) is 0. The minimum Gasteiger partial charge on any atom is -0.300 e. The van der Waals surface area contributed by atoms with Gasteiger partial charge in [-0.2, -0.15) is 0 Å². The third-order valence-electron chi connectivity index (χ3n) is 4.97. The van der Waals surface area contributed by atoms with Crippen LogP contribution in [0.15, 0.2) is 0 Å². The maximum absolute atomic E-state index is 2.81. The lowest BCUT2D eigenvalue weighted by molar-refractivity contribution is 0.0424. The zero-order valence-electron chi connectivity index (χ0n) is 11.3. The highest BCUT2D eigenvalue weighted by Crippen LogP contribution is 2.34. The molecule has 1 heterocycles. The van der Waals surface area contributed by atoms with Gasteiger partial charge in [-0.3, -0.25) is 0 Å². The predicted octanol–water partition coefficient (Wildman–Crippen LogP) is 4.08. The first-order chi connectivity index (χ1) is 7.85. The molecule has 0 aromatic rings. The third-order valence-corrected chi connectivity index (χ3v) is 4.97. The second-order valence-electron chi connectivity index (χ2n) is 5.94. The summed E-state index contributed by atoms with van der Waals surface area (Å²) >= 11 is 0. The van der Waals surface area contributed by atoms with E-state index < -0.39 is 0 Å². The highest BCUT2D eigenvalue weighted by molar-refractivity contribution is 4.87. The molecule has 0 amide bonds. The van der Waals surface area contributed by atoms with Crippen molar-refractivity contribution in [2.75, 3.05) is 13.1 Å². The topological polar surface area (TPSA) is 3.24 Å². The van der Waals surface area contributed by atoms with Gasteiger partial charge in [0.25, 0.3) is 0 Å². The van der Waals surface area contributed by atoms with E-state index in [0.29, 0.717) is 0 Å². The van der Waals surface area contributed by atoms with Crippen LogP contribution >= 0.6 is 0 Å². The first kappa shape index (κ1) is 12.4. The summed E-state index contributed by atoms with van der Waals surface area (Å²) in [6.07, 6.45) is 11.6. The van der Waals surface area contributed by atoms with Crippen molar-refractivity contribution in [1.29, 1.82) is 0 Å². The maximum atomic E-state index is 2.81. The van der Waals surface area contributed by atoms with Gasteiger partial charge in [-0.15, -0.1) is 0 Å². The van der Waals surface area contributed by atoms with E-state index in [1.807, 2.05) is 0 Å². The van der Waals surface area contributed by atoms with Gasteiger partial charge in [-0.05, 0) is 37.6 Å². The summed E-state index contributed by atoms with van der Waals surface area (Å²) in [5.41, 5.74) is 0. The summed E-state index contributed by atoms with van der Waals surface area (Å²) < 4.78 is 0. The molecule has 0 radical (unpaired) electrons. The van der Waals surface area contributed by atoms with Crippen LogP contribution in [0.4, 0.5) is 0 Å². The molecule has 2 rings (SSSR count). The van der Waals surface area contributed by atoms with Gasteiger partial charge in [0.2, 0.25) is 0 Å². The van der Waals surface area contributed by atoms with Crippen LogP contribution in [0.3, 0.4) is 0 Å². The number of rotatable bonds is 5. The molecule has 16 heavy (non-hydrogen) atoms. The summed E-state index contributed by atoms with van der Waals surface area (Å²) in [6, 6.07) is 0.973. The van der Waals surface area contributed by atoms with Gasteiger partial charge in [-0.25, -0.2) is 0 Å². The van der Waals surface area contributed by atoms with E-state index in [4.69, 9.17) is 0 Å². The molecule has 1 saturated carbocycles. The van der Waals surface area contributed by atoms with Crippen LogP contribution in [0.25, 0.3) is 0 Å². The Balaban J connectivity index is 1.80. The van der Waals surface area contributed by atoms with Crippen LogP contribution in [0.1, 0.15) is 65.2 Å². The Morgan fingerprint density at radius 1 is 1.06 bits per heavy atom. The molecule has 0 bridgehead atoms. The van der Waals surface area contributed by atoms with E-state index in [1.165, 1.54) is 64.5 Å². The Labute approximate surface area is 102 Å². The zero-order valence-corrected chi connectivity index (χ0v) is 11.3. The number of likely N-dealkylation sites (tertiary alicyclic amines) is 1. The SMILES string of the molecule is CCCC[C@H]1CCN(C2CCC2)C[C@H]1CC. The number of hydrogen-bond acceptors (Lipinski definition) is 1. The Hall–Kier alpha value is -0.0400. The normalized spacial score (nSPS) is 32.6. The monoisotopic (exact) mass is 223 g/mol. The van der Waals surface area contributed by atoms with Crippen molar-refractivity contribution in [3.63, 3.8) is 0 Å². The van der Waals surface area contributed by atoms with Gasteiger partial charge in [0, 0.05) is 12.6 Å². The molecule has 0 aromatic heterocycles. The summed E-state index contributed by atoms with van der Waals surface area (Å²) in [6.45, 7) is 7.53. The Morgan fingerprint density at radius 3 is 2.44 bits per heavy atom. The third kappa shape index (κ3) is 2.80. The van der Waals surface area contributed by atoms with E-state index in [1.54, 1.807) is 0 Å². The van der Waals surface area contributed by atoms with Crippen LogP contribution in [-0.4, -0.2) is 24.0 Å². The highest BCUT2D eigenvalue weighted by Gasteiger charge is 2.33. The second-order valence-corrected chi connectivity index (χ2v) is 5.94. The fraction of sp³-hybridized carbons (Fsp3) is 1.00. The predicted molar refractivity (Wildman–Crippen MR) is 70.6 cm³/mol. The van der Waals surface area contributed by atoms with Crippen molar-refractivity contribution in [2.24, 2.45) is 11.8 Å². The molecule has 2 fully saturated rings.